The Morgan fingerprint density at radius 3 is 3.00 bits per heavy atom. The molecule has 14 heavy (non-hydrogen) atoms. The zero-order valence-corrected chi connectivity index (χ0v) is 8.00. The van der Waals surface area contributed by atoms with Crippen LogP contribution in [0.3, 0.4) is 0 Å². The summed E-state index contributed by atoms with van der Waals surface area (Å²) >= 11 is 0. The SMILES string of the molecule is Cc1[nH]nc(C2CCCN2)c1C(=O)O. The molecule has 1 aliphatic rings. The van der Waals surface area contributed by atoms with Crippen molar-refractivity contribution in [3.8, 4) is 0 Å². The largest absolute Gasteiger partial charge is 0.478 e. The third kappa shape index (κ3) is 1.39. The van der Waals surface area contributed by atoms with E-state index in [1.807, 2.05) is 0 Å². The Labute approximate surface area is 81.5 Å². The lowest BCUT2D eigenvalue weighted by molar-refractivity contribution is 0.0694. The summed E-state index contributed by atoms with van der Waals surface area (Å²) in [4.78, 5) is 11.0. The first-order valence-electron chi connectivity index (χ1n) is 4.71. The van der Waals surface area contributed by atoms with E-state index < -0.39 is 5.97 Å². The van der Waals surface area contributed by atoms with Gasteiger partial charge in [-0.25, -0.2) is 4.79 Å². The van der Waals surface area contributed by atoms with Gasteiger partial charge in [-0.1, -0.05) is 0 Å². The second kappa shape index (κ2) is 3.42. The highest BCUT2D eigenvalue weighted by Crippen LogP contribution is 2.25. The van der Waals surface area contributed by atoms with Crippen LogP contribution in [0.15, 0.2) is 0 Å². The Hall–Kier alpha value is -1.36. The number of aryl methyl sites for hydroxylation is 1. The molecule has 0 amide bonds. The van der Waals surface area contributed by atoms with Gasteiger partial charge in [0, 0.05) is 5.69 Å². The highest BCUT2D eigenvalue weighted by Gasteiger charge is 2.26. The molecule has 1 aliphatic heterocycles. The molecule has 1 atom stereocenters. The van der Waals surface area contributed by atoms with Gasteiger partial charge in [-0.3, -0.25) is 5.10 Å². The van der Waals surface area contributed by atoms with Gasteiger partial charge in [0.15, 0.2) is 0 Å². The number of aromatic amines is 1. The standard InChI is InChI=1S/C9H13N3O2/c1-5-7(9(13)14)8(12-11-5)6-3-2-4-10-6/h6,10H,2-4H2,1H3,(H,11,12)(H,13,14). The van der Waals surface area contributed by atoms with Gasteiger partial charge in [0.2, 0.25) is 0 Å². The fourth-order valence-corrected chi connectivity index (χ4v) is 1.89. The molecule has 0 bridgehead atoms. The molecule has 0 radical (unpaired) electrons. The summed E-state index contributed by atoms with van der Waals surface area (Å²) in [5, 5.41) is 19.0. The van der Waals surface area contributed by atoms with Crippen LogP contribution >= 0.6 is 0 Å². The highest BCUT2D eigenvalue weighted by molar-refractivity contribution is 5.90. The molecule has 0 aromatic carbocycles. The minimum absolute atomic E-state index is 0.103. The molecule has 0 aliphatic carbocycles. The van der Waals surface area contributed by atoms with Gasteiger partial charge in [-0.05, 0) is 26.3 Å². The van der Waals surface area contributed by atoms with E-state index in [-0.39, 0.29) is 6.04 Å². The van der Waals surface area contributed by atoms with Crippen LogP contribution in [-0.4, -0.2) is 27.8 Å². The average Bonchev–Trinajstić information content (AvgIpc) is 2.70. The lowest BCUT2D eigenvalue weighted by Gasteiger charge is -2.07. The number of hydrogen-bond donors (Lipinski definition) is 3. The molecular weight excluding hydrogens is 182 g/mol. The van der Waals surface area contributed by atoms with Crippen molar-refractivity contribution in [1.29, 1.82) is 0 Å². The van der Waals surface area contributed by atoms with Crippen LogP contribution in [0, 0.1) is 6.92 Å². The number of carboxylic acid groups (broad SMARTS) is 1. The molecule has 1 aromatic heterocycles. The monoisotopic (exact) mass is 195 g/mol. The Morgan fingerprint density at radius 1 is 1.64 bits per heavy atom. The quantitative estimate of drug-likeness (QED) is 0.653. The van der Waals surface area contributed by atoms with E-state index in [0.29, 0.717) is 17.0 Å². The Bertz CT molecular complexity index is 353. The topological polar surface area (TPSA) is 78.0 Å². The molecule has 76 valence electrons. The lowest BCUT2D eigenvalue weighted by atomic mass is 10.1. The van der Waals surface area contributed by atoms with E-state index in [2.05, 4.69) is 15.5 Å². The van der Waals surface area contributed by atoms with E-state index in [1.54, 1.807) is 6.92 Å². The summed E-state index contributed by atoms with van der Waals surface area (Å²) in [5.41, 5.74) is 1.60. The molecule has 5 nitrogen and oxygen atoms in total. The highest BCUT2D eigenvalue weighted by atomic mass is 16.4. The van der Waals surface area contributed by atoms with Gasteiger partial charge >= 0.3 is 5.97 Å². The van der Waals surface area contributed by atoms with Crippen molar-refractivity contribution in [3.63, 3.8) is 0 Å². The van der Waals surface area contributed by atoms with Crippen molar-refractivity contribution in [2.75, 3.05) is 6.54 Å². The van der Waals surface area contributed by atoms with E-state index in [4.69, 9.17) is 5.11 Å². The number of hydrogen-bond acceptors (Lipinski definition) is 3. The molecule has 1 aromatic rings. The van der Waals surface area contributed by atoms with E-state index in [9.17, 15) is 4.79 Å². The smallest absolute Gasteiger partial charge is 0.339 e. The van der Waals surface area contributed by atoms with Gasteiger partial charge in [0.05, 0.1) is 11.7 Å². The number of aromatic nitrogens is 2. The first-order chi connectivity index (χ1) is 6.70. The fourth-order valence-electron chi connectivity index (χ4n) is 1.89. The maximum atomic E-state index is 11.0. The first kappa shape index (κ1) is 9.21. The van der Waals surface area contributed by atoms with Crippen molar-refractivity contribution >= 4 is 5.97 Å². The van der Waals surface area contributed by atoms with Gasteiger partial charge in [0.1, 0.15) is 5.56 Å². The fraction of sp³-hybridized carbons (Fsp3) is 0.556. The molecule has 0 saturated carbocycles. The van der Waals surface area contributed by atoms with Crippen LogP contribution in [0.4, 0.5) is 0 Å². The van der Waals surface area contributed by atoms with Crippen molar-refractivity contribution in [1.82, 2.24) is 15.5 Å². The summed E-state index contributed by atoms with van der Waals surface area (Å²) in [6.45, 7) is 2.67. The van der Waals surface area contributed by atoms with Crippen molar-refractivity contribution < 1.29 is 9.90 Å². The van der Waals surface area contributed by atoms with Crippen LogP contribution < -0.4 is 5.32 Å². The van der Waals surface area contributed by atoms with Crippen molar-refractivity contribution in [3.05, 3.63) is 17.0 Å². The van der Waals surface area contributed by atoms with Crippen molar-refractivity contribution in [2.45, 2.75) is 25.8 Å². The molecule has 1 unspecified atom stereocenters. The van der Waals surface area contributed by atoms with Crippen LogP contribution in [0.5, 0.6) is 0 Å². The Kier molecular flexibility index (Phi) is 2.25. The van der Waals surface area contributed by atoms with E-state index in [0.717, 1.165) is 19.4 Å². The van der Waals surface area contributed by atoms with Crippen LogP contribution in [0.25, 0.3) is 0 Å². The zero-order chi connectivity index (χ0) is 10.1. The molecule has 1 saturated heterocycles. The van der Waals surface area contributed by atoms with Gasteiger partial charge in [-0.2, -0.15) is 5.10 Å². The normalized spacial score (nSPS) is 21.4. The number of H-pyrrole nitrogens is 1. The summed E-state index contributed by atoms with van der Waals surface area (Å²) < 4.78 is 0. The summed E-state index contributed by atoms with van der Waals surface area (Å²) in [6, 6.07) is 0.103. The third-order valence-corrected chi connectivity index (χ3v) is 2.58. The number of carbonyl (C=O) groups is 1. The predicted octanol–water partition coefficient (Wildman–Crippen LogP) is 0.841. The number of nitrogens with zero attached hydrogens (tertiary/aromatic N) is 1. The van der Waals surface area contributed by atoms with Crippen LogP contribution in [0.1, 0.15) is 40.6 Å². The molecule has 2 rings (SSSR count). The zero-order valence-electron chi connectivity index (χ0n) is 8.00. The van der Waals surface area contributed by atoms with Crippen molar-refractivity contribution in [2.24, 2.45) is 0 Å². The summed E-state index contributed by atoms with van der Waals surface area (Å²) in [6.07, 6.45) is 2.04. The van der Waals surface area contributed by atoms with Crippen LogP contribution in [-0.2, 0) is 0 Å². The lowest BCUT2D eigenvalue weighted by Crippen LogP contribution is -2.16. The molecule has 2 heterocycles. The second-order valence-electron chi connectivity index (χ2n) is 3.56. The Balaban J connectivity index is 2.37. The molecular formula is C9H13N3O2. The average molecular weight is 195 g/mol. The molecule has 0 spiro atoms. The number of nitrogens with one attached hydrogen (secondary N) is 2. The number of rotatable bonds is 2. The van der Waals surface area contributed by atoms with Gasteiger partial charge in [-0.15, -0.1) is 0 Å². The minimum atomic E-state index is -0.903. The second-order valence-corrected chi connectivity index (χ2v) is 3.56. The van der Waals surface area contributed by atoms with Gasteiger partial charge < -0.3 is 10.4 Å². The maximum Gasteiger partial charge on any atom is 0.339 e. The van der Waals surface area contributed by atoms with Gasteiger partial charge in [0.25, 0.3) is 0 Å². The molecule has 1 fully saturated rings. The maximum absolute atomic E-state index is 11.0. The first-order valence-corrected chi connectivity index (χ1v) is 4.71. The number of aromatic carboxylic acids is 1. The molecule has 3 N–H and O–H groups in total. The third-order valence-electron chi connectivity index (χ3n) is 2.58. The summed E-state index contributed by atoms with van der Waals surface area (Å²) in [7, 11) is 0. The molecule has 5 heteroatoms. The minimum Gasteiger partial charge on any atom is -0.478 e. The number of carboxylic acids is 1. The predicted molar refractivity (Wildman–Crippen MR) is 50.3 cm³/mol. The van der Waals surface area contributed by atoms with E-state index in [1.165, 1.54) is 0 Å². The summed E-state index contributed by atoms with van der Waals surface area (Å²) in [5.74, 6) is -0.903. The van der Waals surface area contributed by atoms with E-state index >= 15 is 0 Å². The van der Waals surface area contributed by atoms with Crippen LogP contribution in [0.2, 0.25) is 0 Å². The Morgan fingerprint density at radius 2 is 2.43 bits per heavy atom.